The van der Waals surface area contributed by atoms with Gasteiger partial charge < -0.3 is 4.74 Å². The summed E-state index contributed by atoms with van der Waals surface area (Å²) >= 11 is 0. The van der Waals surface area contributed by atoms with Crippen LogP contribution in [0.15, 0.2) is 103 Å². The number of fused-ring (bicyclic) bond motifs is 8. The van der Waals surface area contributed by atoms with Crippen molar-refractivity contribution in [2.45, 2.75) is 37.7 Å². The molecular weight excluding hydrogens is 450 g/mol. The van der Waals surface area contributed by atoms with E-state index in [-0.39, 0.29) is 5.41 Å². The van der Waals surface area contributed by atoms with Crippen LogP contribution in [0, 0.1) is 11.3 Å². The van der Waals surface area contributed by atoms with E-state index in [2.05, 4.69) is 117 Å². The SMILES string of the molecule is CC1(C)c2cc(C#N)ccc2-c2c1c1c(c3ccccc23)OC(C2=CC=CCC2)(c2ccccc2)C=C1. The summed E-state index contributed by atoms with van der Waals surface area (Å²) in [5.41, 5.74) is 8.30. The molecule has 0 amide bonds. The molecule has 2 heteroatoms. The van der Waals surface area contributed by atoms with Crippen molar-refractivity contribution in [1.29, 1.82) is 5.26 Å². The van der Waals surface area contributed by atoms with Crippen molar-refractivity contribution in [3.05, 3.63) is 130 Å². The number of benzene rings is 4. The minimum atomic E-state index is -0.653. The molecule has 37 heavy (non-hydrogen) atoms. The van der Waals surface area contributed by atoms with Crippen molar-refractivity contribution >= 4 is 16.8 Å². The van der Waals surface area contributed by atoms with E-state index in [9.17, 15) is 5.26 Å². The van der Waals surface area contributed by atoms with Gasteiger partial charge in [0.25, 0.3) is 0 Å². The zero-order valence-electron chi connectivity index (χ0n) is 21.1. The first kappa shape index (κ1) is 21.9. The normalized spacial score (nSPS) is 20.4. The second-order valence-corrected chi connectivity index (χ2v) is 10.7. The lowest BCUT2D eigenvalue weighted by Gasteiger charge is -2.40. The van der Waals surface area contributed by atoms with Crippen LogP contribution in [0.25, 0.3) is 28.0 Å². The quantitative estimate of drug-likeness (QED) is 0.290. The number of hydrogen-bond donors (Lipinski definition) is 0. The van der Waals surface area contributed by atoms with Crippen LogP contribution >= 0.6 is 0 Å². The molecular formula is C35H27NO. The molecule has 1 atom stereocenters. The Labute approximate surface area is 217 Å². The number of hydrogen-bond acceptors (Lipinski definition) is 2. The molecule has 0 saturated heterocycles. The molecule has 178 valence electrons. The van der Waals surface area contributed by atoms with Gasteiger partial charge in [-0.15, -0.1) is 0 Å². The summed E-state index contributed by atoms with van der Waals surface area (Å²) in [5, 5.41) is 11.9. The molecule has 0 spiro atoms. The average Bonchev–Trinajstić information content (AvgIpc) is 3.20. The monoisotopic (exact) mass is 477 g/mol. The molecule has 1 unspecified atom stereocenters. The maximum absolute atomic E-state index is 9.62. The lowest BCUT2D eigenvalue weighted by atomic mass is 9.75. The van der Waals surface area contributed by atoms with Crippen LogP contribution in [0.3, 0.4) is 0 Å². The van der Waals surface area contributed by atoms with E-state index in [4.69, 9.17) is 4.74 Å². The Bertz CT molecular complexity index is 1730. The van der Waals surface area contributed by atoms with Gasteiger partial charge in [0.1, 0.15) is 5.75 Å². The molecule has 3 aliphatic rings. The fourth-order valence-corrected chi connectivity index (χ4v) is 6.62. The first-order valence-electron chi connectivity index (χ1n) is 13.0. The van der Waals surface area contributed by atoms with E-state index >= 15 is 0 Å². The van der Waals surface area contributed by atoms with Crippen molar-refractivity contribution in [3.63, 3.8) is 0 Å². The van der Waals surface area contributed by atoms with Crippen LogP contribution in [-0.4, -0.2) is 0 Å². The maximum atomic E-state index is 9.62. The highest BCUT2D eigenvalue weighted by molar-refractivity contribution is 6.08. The molecule has 2 nitrogen and oxygen atoms in total. The number of ether oxygens (including phenoxy) is 1. The van der Waals surface area contributed by atoms with Gasteiger partial charge in [0.05, 0.1) is 11.6 Å². The predicted molar refractivity (Wildman–Crippen MR) is 150 cm³/mol. The summed E-state index contributed by atoms with van der Waals surface area (Å²) in [4.78, 5) is 0. The van der Waals surface area contributed by atoms with Crippen molar-refractivity contribution in [2.75, 3.05) is 0 Å². The van der Waals surface area contributed by atoms with E-state index in [1.807, 2.05) is 6.07 Å². The molecule has 0 bridgehead atoms. The van der Waals surface area contributed by atoms with Gasteiger partial charge in [0.15, 0.2) is 5.60 Å². The minimum Gasteiger partial charge on any atom is -0.473 e. The highest BCUT2D eigenvalue weighted by Gasteiger charge is 2.44. The van der Waals surface area contributed by atoms with Crippen LogP contribution < -0.4 is 4.74 Å². The lowest BCUT2D eigenvalue weighted by molar-refractivity contribution is 0.154. The minimum absolute atomic E-state index is 0.265. The smallest absolute Gasteiger partial charge is 0.174 e. The zero-order chi connectivity index (χ0) is 25.2. The zero-order valence-corrected chi connectivity index (χ0v) is 21.1. The van der Waals surface area contributed by atoms with Gasteiger partial charge in [0.2, 0.25) is 0 Å². The summed E-state index contributed by atoms with van der Waals surface area (Å²) in [6, 6.07) is 27.7. The third-order valence-corrected chi connectivity index (χ3v) is 8.36. The first-order valence-corrected chi connectivity index (χ1v) is 13.0. The Balaban J connectivity index is 1.55. The molecule has 0 aromatic heterocycles. The second-order valence-electron chi connectivity index (χ2n) is 10.7. The Morgan fingerprint density at radius 2 is 1.70 bits per heavy atom. The third kappa shape index (κ3) is 2.98. The van der Waals surface area contributed by atoms with Crippen LogP contribution in [0.2, 0.25) is 0 Å². The van der Waals surface area contributed by atoms with Crippen LogP contribution in [-0.2, 0) is 11.0 Å². The van der Waals surface area contributed by atoms with Crippen molar-refractivity contribution in [2.24, 2.45) is 0 Å². The number of rotatable bonds is 2. The molecule has 2 aliphatic carbocycles. The Morgan fingerprint density at radius 1 is 0.919 bits per heavy atom. The highest BCUT2D eigenvalue weighted by atomic mass is 16.5. The van der Waals surface area contributed by atoms with Gasteiger partial charge in [-0.2, -0.15) is 5.26 Å². The number of nitrogens with zero attached hydrogens (tertiary/aromatic N) is 1. The summed E-state index contributed by atoms with van der Waals surface area (Å²) < 4.78 is 7.28. The lowest BCUT2D eigenvalue weighted by Crippen LogP contribution is -2.36. The fraction of sp³-hybridized carbons (Fsp3) is 0.171. The van der Waals surface area contributed by atoms with Crippen molar-refractivity contribution in [3.8, 4) is 22.9 Å². The summed E-state index contributed by atoms with van der Waals surface area (Å²) in [5.74, 6) is 0.942. The standard InChI is InChI=1S/C35H27NO/c1-34(2)30-21-23(22-36)17-18-28(30)31-26-15-9-10-16-27(26)33-29(32(31)34)19-20-35(37-33,24-11-5-3-6-12-24)25-13-7-4-8-14-25/h3-7,9-13,15-21H,8,14H2,1-2H3. The van der Waals surface area contributed by atoms with Gasteiger partial charge >= 0.3 is 0 Å². The number of nitriles is 1. The Kier molecular flexibility index (Phi) is 4.63. The van der Waals surface area contributed by atoms with Crippen LogP contribution in [0.5, 0.6) is 5.75 Å². The number of allylic oxidation sites excluding steroid dienone is 3. The van der Waals surface area contributed by atoms with Gasteiger partial charge in [0, 0.05) is 21.9 Å². The molecule has 0 fully saturated rings. The Morgan fingerprint density at radius 3 is 2.46 bits per heavy atom. The van der Waals surface area contributed by atoms with Gasteiger partial charge in [-0.3, -0.25) is 0 Å². The molecule has 0 N–H and O–H groups in total. The third-order valence-electron chi connectivity index (χ3n) is 8.36. The average molecular weight is 478 g/mol. The summed E-state index contributed by atoms with van der Waals surface area (Å²) in [7, 11) is 0. The molecule has 7 rings (SSSR count). The van der Waals surface area contributed by atoms with E-state index in [1.165, 1.54) is 33.2 Å². The summed E-state index contributed by atoms with van der Waals surface area (Å²) in [6.45, 7) is 4.55. The van der Waals surface area contributed by atoms with Crippen LogP contribution in [0.1, 0.15) is 54.5 Å². The summed E-state index contributed by atoms with van der Waals surface area (Å²) in [6.07, 6.45) is 13.1. The van der Waals surface area contributed by atoms with E-state index < -0.39 is 5.60 Å². The Hall–Kier alpha value is -4.35. The highest BCUT2D eigenvalue weighted by Crippen LogP contribution is 2.58. The van der Waals surface area contributed by atoms with E-state index in [1.54, 1.807) is 0 Å². The molecule has 1 aliphatic heterocycles. The van der Waals surface area contributed by atoms with Crippen LogP contribution in [0.4, 0.5) is 0 Å². The topological polar surface area (TPSA) is 33.0 Å². The molecule has 4 aromatic rings. The van der Waals surface area contributed by atoms with Gasteiger partial charge in [-0.05, 0) is 64.3 Å². The maximum Gasteiger partial charge on any atom is 0.174 e. The first-order chi connectivity index (χ1) is 18.0. The fourth-order valence-electron chi connectivity index (χ4n) is 6.62. The van der Waals surface area contributed by atoms with Crippen molar-refractivity contribution < 1.29 is 4.74 Å². The van der Waals surface area contributed by atoms with E-state index in [0.717, 1.165) is 35.1 Å². The molecule has 1 heterocycles. The molecule has 0 saturated carbocycles. The predicted octanol–water partition coefficient (Wildman–Crippen LogP) is 8.60. The largest absolute Gasteiger partial charge is 0.473 e. The second kappa shape index (κ2) is 7.82. The molecule has 4 aromatic carbocycles. The van der Waals surface area contributed by atoms with Gasteiger partial charge in [-0.25, -0.2) is 0 Å². The van der Waals surface area contributed by atoms with Crippen molar-refractivity contribution in [1.82, 2.24) is 0 Å². The van der Waals surface area contributed by atoms with Gasteiger partial charge in [-0.1, -0.05) is 98.8 Å². The van der Waals surface area contributed by atoms with E-state index in [0.29, 0.717) is 5.56 Å². The molecule has 0 radical (unpaired) electrons.